The lowest BCUT2D eigenvalue weighted by Gasteiger charge is -2.44. The Morgan fingerprint density at radius 2 is 2.00 bits per heavy atom. The van der Waals surface area contributed by atoms with Crippen molar-refractivity contribution in [3.05, 3.63) is 57.4 Å². The molecule has 1 aromatic carbocycles. The lowest BCUT2D eigenvalue weighted by atomic mass is 9.88. The van der Waals surface area contributed by atoms with Gasteiger partial charge in [0.15, 0.2) is 0 Å². The van der Waals surface area contributed by atoms with E-state index in [4.69, 9.17) is 26.8 Å². The Labute approximate surface area is 196 Å². The molecule has 3 aromatic rings. The van der Waals surface area contributed by atoms with Crippen molar-refractivity contribution < 1.29 is 27.4 Å². The number of pyridine rings is 2. The van der Waals surface area contributed by atoms with Crippen LogP contribution in [0.25, 0.3) is 10.9 Å². The van der Waals surface area contributed by atoms with Gasteiger partial charge in [-0.3, -0.25) is 4.79 Å². The van der Waals surface area contributed by atoms with E-state index in [0.29, 0.717) is 49.5 Å². The SMILES string of the molecule is Nc1nc2cnc(C(=O)N3CC[C@H]4C[C@@H]3c3c(Cl)cc(C(F)(F)F)cc3O4)cc2c2c1COC2. The van der Waals surface area contributed by atoms with E-state index in [1.54, 1.807) is 11.0 Å². The van der Waals surface area contributed by atoms with Crippen LogP contribution in [0, 0.1) is 0 Å². The average Bonchev–Trinajstić information content (AvgIpc) is 3.29. The first-order valence-corrected chi connectivity index (χ1v) is 11.1. The van der Waals surface area contributed by atoms with Gasteiger partial charge in [0.2, 0.25) is 0 Å². The first-order chi connectivity index (χ1) is 16.2. The van der Waals surface area contributed by atoms with Gasteiger partial charge < -0.3 is 20.1 Å². The van der Waals surface area contributed by atoms with Crippen LogP contribution in [-0.2, 0) is 24.1 Å². The van der Waals surface area contributed by atoms with Crippen molar-refractivity contribution in [1.29, 1.82) is 0 Å². The van der Waals surface area contributed by atoms with Crippen LogP contribution < -0.4 is 10.5 Å². The summed E-state index contributed by atoms with van der Waals surface area (Å²) in [6.45, 7) is 1.10. The molecule has 2 atom stereocenters. The van der Waals surface area contributed by atoms with Crippen molar-refractivity contribution in [2.75, 3.05) is 12.3 Å². The van der Waals surface area contributed by atoms with E-state index in [9.17, 15) is 18.0 Å². The zero-order valence-corrected chi connectivity index (χ0v) is 18.4. The van der Waals surface area contributed by atoms with Crippen molar-refractivity contribution in [1.82, 2.24) is 14.9 Å². The maximum atomic E-state index is 13.6. The van der Waals surface area contributed by atoms with E-state index in [2.05, 4.69) is 9.97 Å². The van der Waals surface area contributed by atoms with Crippen LogP contribution in [0.3, 0.4) is 0 Å². The highest BCUT2D eigenvalue weighted by molar-refractivity contribution is 6.31. The first-order valence-electron chi connectivity index (χ1n) is 10.7. The van der Waals surface area contributed by atoms with E-state index in [1.165, 1.54) is 6.20 Å². The molecule has 3 aliphatic rings. The highest BCUT2D eigenvalue weighted by Gasteiger charge is 2.42. The molecule has 0 saturated carbocycles. The fourth-order valence-electron chi connectivity index (χ4n) is 5.05. The van der Waals surface area contributed by atoms with Crippen molar-refractivity contribution in [2.24, 2.45) is 0 Å². The molecule has 5 heterocycles. The predicted molar refractivity (Wildman–Crippen MR) is 116 cm³/mol. The summed E-state index contributed by atoms with van der Waals surface area (Å²) in [6.07, 6.45) is -2.41. The van der Waals surface area contributed by atoms with Gasteiger partial charge in [0.25, 0.3) is 5.91 Å². The highest BCUT2D eigenvalue weighted by Crippen LogP contribution is 2.48. The summed E-state index contributed by atoms with van der Waals surface area (Å²) in [5.74, 6) is 0.118. The van der Waals surface area contributed by atoms with E-state index in [0.717, 1.165) is 28.6 Å². The number of nitrogens with two attached hydrogens (primary N) is 1. The number of amides is 1. The second-order valence-corrected chi connectivity index (χ2v) is 9.09. The summed E-state index contributed by atoms with van der Waals surface area (Å²) < 4.78 is 51.2. The quantitative estimate of drug-likeness (QED) is 0.534. The monoisotopic (exact) mass is 490 g/mol. The van der Waals surface area contributed by atoms with Gasteiger partial charge in [-0.15, -0.1) is 0 Å². The Hall–Kier alpha value is -3.11. The summed E-state index contributed by atoms with van der Waals surface area (Å²) >= 11 is 6.30. The number of anilines is 1. The molecule has 0 aliphatic carbocycles. The topological polar surface area (TPSA) is 90.6 Å². The third-order valence-corrected chi connectivity index (χ3v) is 7.01. The summed E-state index contributed by atoms with van der Waals surface area (Å²) in [5.41, 5.74) is 8.00. The molecule has 1 saturated heterocycles. The molecular weight excluding hydrogens is 473 g/mol. The molecule has 0 spiro atoms. The van der Waals surface area contributed by atoms with Gasteiger partial charge in [-0.05, 0) is 23.8 Å². The third-order valence-electron chi connectivity index (χ3n) is 6.70. The second-order valence-electron chi connectivity index (χ2n) is 8.68. The number of carbonyl (C=O) groups is 1. The number of likely N-dealkylation sites (tertiary alicyclic amines) is 1. The van der Waals surface area contributed by atoms with Crippen molar-refractivity contribution in [2.45, 2.75) is 44.4 Å². The van der Waals surface area contributed by atoms with Crippen molar-refractivity contribution in [3.63, 3.8) is 0 Å². The van der Waals surface area contributed by atoms with E-state index in [1.807, 2.05) is 0 Å². The number of fused-ring (bicyclic) bond motifs is 7. The van der Waals surface area contributed by atoms with Crippen LogP contribution in [0.15, 0.2) is 24.4 Å². The van der Waals surface area contributed by atoms with E-state index in [-0.39, 0.29) is 28.5 Å². The van der Waals surface area contributed by atoms with Crippen LogP contribution >= 0.6 is 11.6 Å². The van der Waals surface area contributed by atoms with Gasteiger partial charge in [-0.25, -0.2) is 9.97 Å². The number of nitrogen functional groups attached to an aromatic ring is 1. The largest absolute Gasteiger partial charge is 0.490 e. The highest BCUT2D eigenvalue weighted by atomic mass is 35.5. The van der Waals surface area contributed by atoms with Gasteiger partial charge in [0.05, 0.1) is 41.6 Å². The molecule has 2 bridgehead atoms. The van der Waals surface area contributed by atoms with Crippen molar-refractivity contribution in [3.8, 4) is 5.75 Å². The maximum absolute atomic E-state index is 13.6. The van der Waals surface area contributed by atoms with Crippen LogP contribution in [0.4, 0.5) is 19.0 Å². The minimum absolute atomic E-state index is 0.0692. The normalized spacial score (nSPS) is 21.2. The van der Waals surface area contributed by atoms with Gasteiger partial charge in [0, 0.05) is 35.9 Å². The number of carbonyl (C=O) groups excluding carboxylic acids is 1. The predicted octanol–water partition coefficient (Wildman–Crippen LogP) is 4.65. The number of rotatable bonds is 1. The van der Waals surface area contributed by atoms with Crippen LogP contribution in [-0.4, -0.2) is 33.4 Å². The average molecular weight is 491 g/mol. The summed E-state index contributed by atoms with van der Waals surface area (Å²) in [6, 6.07) is 3.01. The molecular formula is C23H18ClF3N4O3. The maximum Gasteiger partial charge on any atom is 0.416 e. The second kappa shape index (κ2) is 7.44. The Morgan fingerprint density at radius 1 is 1.21 bits per heavy atom. The molecule has 11 heteroatoms. The van der Waals surface area contributed by atoms with E-state index >= 15 is 0 Å². The van der Waals surface area contributed by atoms with Gasteiger partial charge in [0.1, 0.15) is 23.4 Å². The number of aromatic nitrogens is 2. The number of piperidine rings is 1. The third kappa shape index (κ3) is 3.27. The van der Waals surface area contributed by atoms with Gasteiger partial charge in [-0.2, -0.15) is 13.2 Å². The van der Waals surface area contributed by atoms with E-state index < -0.39 is 17.8 Å². The Bertz CT molecular complexity index is 1360. The molecule has 0 unspecified atom stereocenters. The summed E-state index contributed by atoms with van der Waals surface area (Å²) in [7, 11) is 0. The number of nitrogens with zero attached hydrogens (tertiary/aromatic N) is 3. The van der Waals surface area contributed by atoms with Gasteiger partial charge >= 0.3 is 6.18 Å². The molecule has 34 heavy (non-hydrogen) atoms. The number of hydrogen-bond acceptors (Lipinski definition) is 6. The minimum Gasteiger partial charge on any atom is -0.490 e. The number of alkyl halides is 3. The molecule has 7 nitrogen and oxygen atoms in total. The summed E-state index contributed by atoms with van der Waals surface area (Å²) in [4.78, 5) is 23.9. The fourth-order valence-corrected chi connectivity index (χ4v) is 5.39. The van der Waals surface area contributed by atoms with Crippen LogP contribution in [0.1, 0.15) is 51.6 Å². The molecule has 1 amide bonds. The minimum atomic E-state index is -4.56. The number of ether oxygens (including phenoxy) is 2. The smallest absolute Gasteiger partial charge is 0.416 e. The molecule has 2 aromatic heterocycles. The number of benzene rings is 1. The molecule has 0 radical (unpaired) electrons. The molecule has 6 rings (SSSR count). The standard InChI is InChI=1S/C23H18ClF3N4O3/c24-15-3-10(23(25,26)27)4-19-20(15)18-5-11(34-19)1-2-31(18)22(32)16-6-12-13-8-33-9-14(13)21(28)30-17(12)7-29-16/h3-4,6-7,11,18H,1-2,5,8-9H2,(H2,28,30)/t11-,18+/m0/s1. The Kier molecular flexibility index (Phi) is 4.69. The van der Waals surface area contributed by atoms with Crippen molar-refractivity contribution >= 4 is 34.2 Å². The number of hydrogen-bond donors (Lipinski definition) is 1. The first kappa shape index (κ1) is 21.4. The zero-order chi connectivity index (χ0) is 23.8. The van der Waals surface area contributed by atoms with Crippen LogP contribution in [0.2, 0.25) is 5.02 Å². The molecule has 1 fully saturated rings. The zero-order valence-electron chi connectivity index (χ0n) is 17.7. The van der Waals surface area contributed by atoms with Gasteiger partial charge in [-0.1, -0.05) is 11.6 Å². The molecule has 2 N–H and O–H groups in total. The number of halogens is 4. The van der Waals surface area contributed by atoms with Crippen LogP contribution in [0.5, 0.6) is 5.75 Å². The fraction of sp³-hybridized carbons (Fsp3) is 0.348. The lowest BCUT2D eigenvalue weighted by molar-refractivity contribution is -0.137. The Balaban J connectivity index is 1.40. The molecule has 176 valence electrons. The Morgan fingerprint density at radius 3 is 2.79 bits per heavy atom. The molecule has 3 aliphatic heterocycles. The summed E-state index contributed by atoms with van der Waals surface area (Å²) in [5, 5.41) is 0.671. The lowest BCUT2D eigenvalue weighted by Crippen LogP contribution is -2.47.